The van der Waals surface area contributed by atoms with Gasteiger partial charge in [0.15, 0.2) is 11.5 Å². The fourth-order valence-corrected chi connectivity index (χ4v) is 2.16. The van der Waals surface area contributed by atoms with Crippen molar-refractivity contribution in [2.24, 2.45) is 0 Å². The number of aromatic nitrogens is 1. The summed E-state index contributed by atoms with van der Waals surface area (Å²) in [7, 11) is 0. The van der Waals surface area contributed by atoms with Crippen LogP contribution in [0.5, 0.6) is 0 Å². The van der Waals surface area contributed by atoms with Crippen LogP contribution in [-0.2, 0) is 0 Å². The molecule has 0 amide bonds. The molecule has 0 aliphatic heterocycles. The van der Waals surface area contributed by atoms with Gasteiger partial charge in [-0.3, -0.25) is 4.79 Å². The van der Waals surface area contributed by atoms with Crippen LogP contribution in [0.3, 0.4) is 0 Å². The van der Waals surface area contributed by atoms with Gasteiger partial charge in [-0.1, -0.05) is 29.4 Å². The van der Waals surface area contributed by atoms with Crippen LogP contribution < -0.4 is 5.32 Å². The first-order valence-corrected chi connectivity index (χ1v) is 5.89. The molecule has 1 aliphatic rings. The second-order valence-electron chi connectivity index (χ2n) is 4.39. The average Bonchev–Trinajstić information content (AvgIpc) is 2.81. The highest BCUT2D eigenvalue weighted by Crippen LogP contribution is 2.31. The summed E-state index contributed by atoms with van der Waals surface area (Å²) in [6, 6.07) is 6.91. The van der Waals surface area contributed by atoms with Crippen LogP contribution >= 0.6 is 0 Å². The van der Waals surface area contributed by atoms with Crippen molar-refractivity contribution in [3.63, 3.8) is 0 Å². The minimum Gasteiger partial charge on any atom is -0.504 e. The van der Waals surface area contributed by atoms with E-state index in [1.807, 2.05) is 12.1 Å². The fraction of sp³-hybridized carbons (Fsp3) is 0.143. The molecule has 1 heterocycles. The van der Waals surface area contributed by atoms with E-state index < -0.39 is 0 Å². The lowest BCUT2D eigenvalue weighted by molar-refractivity contribution is 0.0972. The molecule has 96 valence electrons. The van der Waals surface area contributed by atoms with Gasteiger partial charge < -0.3 is 14.9 Å². The molecular formula is C14H12N2O3. The van der Waals surface area contributed by atoms with Crippen molar-refractivity contribution < 1.29 is 14.4 Å². The molecule has 0 saturated heterocycles. The van der Waals surface area contributed by atoms with E-state index >= 15 is 0 Å². The van der Waals surface area contributed by atoms with Crippen LogP contribution in [0.4, 0.5) is 5.69 Å². The normalized spacial score (nSPS) is 17.8. The number of hydrogen-bond acceptors (Lipinski definition) is 5. The molecule has 0 saturated carbocycles. The van der Waals surface area contributed by atoms with Gasteiger partial charge in [0.2, 0.25) is 5.78 Å². The van der Waals surface area contributed by atoms with Crippen molar-refractivity contribution >= 4 is 11.5 Å². The quantitative estimate of drug-likeness (QED) is 0.864. The zero-order valence-electron chi connectivity index (χ0n) is 10.3. The molecule has 1 aromatic heterocycles. The van der Waals surface area contributed by atoms with Crippen LogP contribution in [0.25, 0.3) is 0 Å². The van der Waals surface area contributed by atoms with E-state index in [-0.39, 0.29) is 17.6 Å². The van der Waals surface area contributed by atoms with Gasteiger partial charge in [0, 0.05) is 5.56 Å². The van der Waals surface area contributed by atoms with E-state index in [9.17, 15) is 9.90 Å². The number of aliphatic hydroxyl groups is 1. The molecule has 1 aromatic carbocycles. The summed E-state index contributed by atoms with van der Waals surface area (Å²) in [5.74, 6) is 0.0586. The highest BCUT2D eigenvalue weighted by molar-refractivity contribution is 6.09. The number of Topliss-reactive ketones (excluding diaryl/α,β-unsaturated/α-hetero) is 1. The van der Waals surface area contributed by atoms with Crippen molar-refractivity contribution in [2.75, 3.05) is 5.32 Å². The van der Waals surface area contributed by atoms with Gasteiger partial charge in [0.05, 0.1) is 17.9 Å². The maximum absolute atomic E-state index is 11.9. The minimum atomic E-state index is -0.351. The Hall–Kier alpha value is -2.56. The topological polar surface area (TPSA) is 75.4 Å². The number of benzene rings is 1. The molecule has 1 unspecified atom stereocenters. The van der Waals surface area contributed by atoms with Gasteiger partial charge in [-0.15, -0.1) is 0 Å². The minimum absolute atomic E-state index is 0.245. The van der Waals surface area contributed by atoms with E-state index in [4.69, 9.17) is 4.52 Å². The second kappa shape index (κ2) is 4.28. The number of hydrogen-bond donors (Lipinski definition) is 2. The molecule has 1 atom stereocenters. The summed E-state index contributed by atoms with van der Waals surface area (Å²) < 4.78 is 4.98. The van der Waals surface area contributed by atoms with Crippen LogP contribution in [-0.4, -0.2) is 16.0 Å². The van der Waals surface area contributed by atoms with Gasteiger partial charge in [-0.05, 0) is 18.6 Å². The Kier molecular flexibility index (Phi) is 2.59. The number of carbonyl (C=O) groups excluding carboxylic acids is 1. The highest BCUT2D eigenvalue weighted by atomic mass is 16.5. The van der Waals surface area contributed by atoms with Crippen LogP contribution in [0.2, 0.25) is 0 Å². The monoisotopic (exact) mass is 256 g/mol. The molecule has 0 fully saturated rings. The SMILES string of the molecule is Cc1oncc1NC1C=C(O)C(=O)c2ccccc21. The number of anilines is 1. The maximum atomic E-state index is 11.9. The molecule has 2 aromatic rings. The Balaban J connectivity index is 2.02. The Bertz CT molecular complexity index is 673. The van der Waals surface area contributed by atoms with Gasteiger partial charge in [-0.25, -0.2) is 0 Å². The Morgan fingerprint density at radius 1 is 1.37 bits per heavy atom. The van der Waals surface area contributed by atoms with Crippen molar-refractivity contribution in [3.8, 4) is 0 Å². The summed E-state index contributed by atoms with van der Waals surface area (Å²) in [6.07, 6.45) is 3.07. The summed E-state index contributed by atoms with van der Waals surface area (Å²) in [4.78, 5) is 11.9. The number of rotatable bonds is 2. The molecule has 3 rings (SSSR count). The third-order valence-electron chi connectivity index (χ3n) is 3.16. The number of ketones is 1. The molecule has 0 spiro atoms. The van der Waals surface area contributed by atoms with E-state index in [1.165, 1.54) is 6.08 Å². The number of allylic oxidation sites excluding steroid dienone is 1. The van der Waals surface area contributed by atoms with Crippen LogP contribution in [0.15, 0.2) is 46.8 Å². The van der Waals surface area contributed by atoms with Gasteiger partial charge in [-0.2, -0.15) is 0 Å². The number of aryl methyl sites for hydroxylation is 1. The standard InChI is InChI=1S/C14H12N2O3/c1-8-12(7-15-19-8)16-11-6-13(17)14(18)10-5-3-2-4-9(10)11/h2-7,11,16-17H,1H3. The second-order valence-corrected chi connectivity index (χ2v) is 4.39. The first-order valence-electron chi connectivity index (χ1n) is 5.89. The van der Waals surface area contributed by atoms with Gasteiger partial charge >= 0.3 is 0 Å². The highest BCUT2D eigenvalue weighted by Gasteiger charge is 2.26. The Morgan fingerprint density at radius 2 is 2.16 bits per heavy atom. The van der Waals surface area contributed by atoms with Crippen molar-refractivity contribution in [3.05, 3.63) is 59.2 Å². The molecule has 0 radical (unpaired) electrons. The van der Waals surface area contributed by atoms with Crippen LogP contribution in [0.1, 0.15) is 27.7 Å². The maximum Gasteiger partial charge on any atom is 0.227 e. The number of aliphatic hydroxyl groups excluding tert-OH is 1. The summed E-state index contributed by atoms with van der Waals surface area (Å²) in [6.45, 7) is 1.79. The molecule has 5 heteroatoms. The summed E-state index contributed by atoms with van der Waals surface area (Å²) in [5.41, 5.74) is 2.07. The lowest BCUT2D eigenvalue weighted by Gasteiger charge is -2.22. The zero-order chi connectivity index (χ0) is 13.4. The molecular weight excluding hydrogens is 244 g/mol. The number of carbonyl (C=O) groups is 1. The van der Waals surface area contributed by atoms with E-state index in [0.29, 0.717) is 11.3 Å². The van der Waals surface area contributed by atoms with E-state index in [1.54, 1.807) is 25.3 Å². The number of nitrogens with zero attached hydrogens (tertiary/aromatic N) is 1. The van der Waals surface area contributed by atoms with Crippen molar-refractivity contribution in [1.82, 2.24) is 5.16 Å². The van der Waals surface area contributed by atoms with Gasteiger partial charge in [0.1, 0.15) is 0 Å². The Labute approximate surface area is 109 Å². The molecule has 0 bridgehead atoms. The smallest absolute Gasteiger partial charge is 0.227 e. The predicted molar refractivity (Wildman–Crippen MR) is 69.1 cm³/mol. The third kappa shape index (κ3) is 1.89. The molecule has 19 heavy (non-hydrogen) atoms. The number of fused-ring (bicyclic) bond motifs is 1. The van der Waals surface area contributed by atoms with Gasteiger partial charge in [0.25, 0.3) is 0 Å². The largest absolute Gasteiger partial charge is 0.504 e. The molecule has 2 N–H and O–H groups in total. The lowest BCUT2D eigenvalue weighted by Crippen LogP contribution is -2.20. The predicted octanol–water partition coefficient (Wildman–Crippen LogP) is 2.77. The van der Waals surface area contributed by atoms with E-state index in [0.717, 1.165) is 11.3 Å². The third-order valence-corrected chi connectivity index (χ3v) is 3.16. The average molecular weight is 256 g/mol. The molecule has 1 aliphatic carbocycles. The summed E-state index contributed by atoms with van der Waals surface area (Å²) >= 11 is 0. The molecule has 5 nitrogen and oxygen atoms in total. The van der Waals surface area contributed by atoms with Crippen molar-refractivity contribution in [1.29, 1.82) is 0 Å². The fourth-order valence-electron chi connectivity index (χ4n) is 2.16. The van der Waals surface area contributed by atoms with Crippen LogP contribution in [0, 0.1) is 6.92 Å². The zero-order valence-corrected chi connectivity index (χ0v) is 10.3. The van der Waals surface area contributed by atoms with Crippen molar-refractivity contribution in [2.45, 2.75) is 13.0 Å². The number of nitrogens with one attached hydrogen (secondary N) is 1. The summed E-state index contributed by atoms with van der Waals surface area (Å²) in [5, 5.41) is 16.6. The first kappa shape index (κ1) is 11.5. The lowest BCUT2D eigenvalue weighted by atomic mass is 9.91. The first-order chi connectivity index (χ1) is 9.16. The Morgan fingerprint density at radius 3 is 2.89 bits per heavy atom. The van der Waals surface area contributed by atoms with E-state index in [2.05, 4.69) is 10.5 Å².